The van der Waals surface area contributed by atoms with Crippen molar-refractivity contribution in [3.63, 3.8) is 0 Å². The van der Waals surface area contributed by atoms with Crippen molar-refractivity contribution in [3.05, 3.63) is 0 Å². The zero-order valence-corrected chi connectivity index (χ0v) is 10.9. The fraction of sp³-hybridized carbons (Fsp3) is 1.00. The van der Waals surface area contributed by atoms with E-state index in [1.54, 1.807) is 4.31 Å². The molecule has 0 aromatic carbocycles. The maximum atomic E-state index is 12.5. The van der Waals surface area contributed by atoms with E-state index < -0.39 is 10.2 Å². The SMILES string of the molecule is NCC1CCCCN1S(=O)(=O)N1CCOCC1. The van der Waals surface area contributed by atoms with Crippen molar-refractivity contribution in [1.82, 2.24) is 8.61 Å². The number of rotatable bonds is 3. The van der Waals surface area contributed by atoms with Gasteiger partial charge in [0.15, 0.2) is 0 Å². The van der Waals surface area contributed by atoms with Crippen molar-refractivity contribution in [3.8, 4) is 0 Å². The van der Waals surface area contributed by atoms with Crippen molar-refractivity contribution in [2.75, 3.05) is 39.4 Å². The van der Waals surface area contributed by atoms with Crippen molar-refractivity contribution in [1.29, 1.82) is 0 Å². The summed E-state index contributed by atoms with van der Waals surface area (Å²) in [4.78, 5) is 0. The van der Waals surface area contributed by atoms with Crippen LogP contribution in [0.5, 0.6) is 0 Å². The first-order valence-corrected chi connectivity index (χ1v) is 7.60. The summed E-state index contributed by atoms with van der Waals surface area (Å²) in [5, 5.41) is 0. The third-order valence-corrected chi connectivity index (χ3v) is 5.53. The van der Waals surface area contributed by atoms with E-state index in [9.17, 15) is 8.42 Å². The van der Waals surface area contributed by atoms with Crippen LogP contribution < -0.4 is 5.73 Å². The Kier molecular flexibility index (Phi) is 4.37. The van der Waals surface area contributed by atoms with Gasteiger partial charge < -0.3 is 10.5 Å². The second-order valence-electron chi connectivity index (χ2n) is 4.52. The molecule has 100 valence electrons. The monoisotopic (exact) mass is 263 g/mol. The Morgan fingerprint density at radius 2 is 1.88 bits per heavy atom. The lowest BCUT2D eigenvalue weighted by molar-refractivity contribution is 0.0683. The van der Waals surface area contributed by atoms with Gasteiger partial charge in [0, 0.05) is 32.2 Å². The summed E-state index contributed by atoms with van der Waals surface area (Å²) in [5.41, 5.74) is 5.67. The van der Waals surface area contributed by atoms with E-state index in [4.69, 9.17) is 10.5 Å². The molecule has 2 N–H and O–H groups in total. The molecular formula is C10H21N3O3S. The van der Waals surface area contributed by atoms with Crippen molar-refractivity contribution in [2.45, 2.75) is 25.3 Å². The topological polar surface area (TPSA) is 75.9 Å². The maximum absolute atomic E-state index is 12.5. The van der Waals surface area contributed by atoms with Crippen LogP contribution in [0.4, 0.5) is 0 Å². The lowest BCUT2D eigenvalue weighted by atomic mass is 10.1. The molecule has 0 saturated carbocycles. The summed E-state index contributed by atoms with van der Waals surface area (Å²) in [7, 11) is -3.34. The summed E-state index contributed by atoms with van der Waals surface area (Å²) in [6, 6.07) is -0.0309. The Morgan fingerprint density at radius 3 is 2.53 bits per heavy atom. The van der Waals surface area contributed by atoms with E-state index in [1.165, 1.54) is 4.31 Å². The van der Waals surface area contributed by atoms with E-state index in [0.717, 1.165) is 19.3 Å². The Balaban J connectivity index is 2.11. The largest absolute Gasteiger partial charge is 0.379 e. The molecule has 0 bridgehead atoms. The Bertz CT molecular complexity index is 341. The number of nitrogens with zero attached hydrogens (tertiary/aromatic N) is 2. The summed E-state index contributed by atoms with van der Waals surface area (Å²) in [5.74, 6) is 0. The Hall–Kier alpha value is -0.210. The molecule has 0 aliphatic carbocycles. The standard InChI is InChI=1S/C10H21N3O3S/c11-9-10-3-1-2-4-13(10)17(14,15)12-5-7-16-8-6-12/h10H,1-9,11H2. The van der Waals surface area contributed by atoms with Crippen LogP contribution in [0, 0.1) is 0 Å². The molecule has 2 saturated heterocycles. The minimum Gasteiger partial charge on any atom is -0.379 e. The molecule has 2 heterocycles. The van der Waals surface area contributed by atoms with Gasteiger partial charge in [-0.3, -0.25) is 0 Å². The van der Waals surface area contributed by atoms with E-state index in [1.807, 2.05) is 0 Å². The molecule has 0 aromatic rings. The van der Waals surface area contributed by atoms with Crippen LogP contribution in [0.2, 0.25) is 0 Å². The molecule has 17 heavy (non-hydrogen) atoms. The lowest BCUT2D eigenvalue weighted by Gasteiger charge is -2.38. The molecule has 2 fully saturated rings. The van der Waals surface area contributed by atoms with Crippen molar-refractivity contribution < 1.29 is 13.2 Å². The number of morpholine rings is 1. The zero-order chi connectivity index (χ0) is 12.3. The van der Waals surface area contributed by atoms with Crippen LogP contribution in [0.25, 0.3) is 0 Å². The van der Waals surface area contributed by atoms with Crippen LogP contribution in [0.3, 0.4) is 0 Å². The Morgan fingerprint density at radius 1 is 1.18 bits per heavy atom. The van der Waals surface area contributed by atoms with E-state index in [0.29, 0.717) is 39.4 Å². The highest BCUT2D eigenvalue weighted by Gasteiger charge is 2.36. The summed E-state index contributed by atoms with van der Waals surface area (Å²) in [6.45, 7) is 2.89. The molecule has 2 aliphatic rings. The first-order chi connectivity index (χ1) is 8.16. The van der Waals surface area contributed by atoms with Crippen LogP contribution in [-0.4, -0.2) is 62.5 Å². The molecular weight excluding hydrogens is 242 g/mol. The minimum absolute atomic E-state index is 0.0309. The molecule has 0 radical (unpaired) electrons. The third kappa shape index (κ3) is 2.79. The molecule has 0 amide bonds. The molecule has 2 aliphatic heterocycles. The average molecular weight is 263 g/mol. The maximum Gasteiger partial charge on any atom is 0.282 e. The number of piperidine rings is 1. The number of nitrogens with two attached hydrogens (primary N) is 1. The zero-order valence-electron chi connectivity index (χ0n) is 10.0. The van der Waals surface area contributed by atoms with Crippen LogP contribution >= 0.6 is 0 Å². The fourth-order valence-corrected chi connectivity index (χ4v) is 4.27. The summed E-state index contributed by atoms with van der Waals surface area (Å²) < 4.78 is 33.2. The number of hydrogen-bond donors (Lipinski definition) is 1. The van der Waals surface area contributed by atoms with E-state index in [-0.39, 0.29) is 6.04 Å². The van der Waals surface area contributed by atoms with Gasteiger partial charge in [-0.15, -0.1) is 0 Å². The van der Waals surface area contributed by atoms with Gasteiger partial charge >= 0.3 is 0 Å². The number of ether oxygens (including phenoxy) is 1. The molecule has 1 unspecified atom stereocenters. The quantitative estimate of drug-likeness (QED) is 0.736. The fourth-order valence-electron chi connectivity index (χ4n) is 2.44. The predicted molar refractivity (Wildman–Crippen MR) is 64.7 cm³/mol. The van der Waals surface area contributed by atoms with Gasteiger partial charge in [-0.25, -0.2) is 0 Å². The van der Waals surface area contributed by atoms with Crippen LogP contribution in [0.1, 0.15) is 19.3 Å². The third-order valence-electron chi connectivity index (χ3n) is 3.44. The van der Waals surface area contributed by atoms with Crippen LogP contribution in [-0.2, 0) is 14.9 Å². The molecule has 6 nitrogen and oxygen atoms in total. The molecule has 7 heteroatoms. The van der Waals surface area contributed by atoms with Gasteiger partial charge in [0.1, 0.15) is 0 Å². The van der Waals surface area contributed by atoms with E-state index >= 15 is 0 Å². The van der Waals surface area contributed by atoms with E-state index in [2.05, 4.69) is 0 Å². The lowest BCUT2D eigenvalue weighted by Crippen LogP contribution is -2.55. The average Bonchev–Trinajstić information content (AvgIpc) is 2.39. The predicted octanol–water partition coefficient (Wildman–Crippen LogP) is -0.623. The van der Waals surface area contributed by atoms with Gasteiger partial charge in [-0.2, -0.15) is 17.0 Å². The first-order valence-electron chi connectivity index (χ1n) is 6.21. The molecule has 0 spiro atoms. The second kappa shape index (κ2) is 5.62. The normalized spacial score (nSPS) is 29.4. The smallest absolute Gasteiger partial charge is 0.282 e. The first kappa shape index (κ1) is 13.2. The molecule has 1 atom stereocenters. The van der Waals surface area contributed by atoms with Gasteiger partial charge in [-0.05, 0) is 12.8 Å². The highest BCUT2D eigenvalue weighted by Crippen LogP contribution is 2.22. The van der Waals surface area contributed by atoms with Gasteiger partial charge in [0.25, 0.3) is 10.2 Å². The van der Waals surface area contributed by atoms with Gasteiger partial charge in [0.2, 0.25) is 0 Å². The van der Waals surface area contributed by atoms with Gasteiger partial charge in [0.05, 0.1) is 13.2 Å². The highest BCUT2D eigenvalue weighted by atomic mass is 32.2. The van der Waals surface area contributed by atoms with Crippen LogP contribution in [0.15, 0.2) is 0 Å². The molecule has 2 rings (SSSR count). The molecule has 0 aromatic heterocycles. The summed E-state index contributed by atoms with van der Waals surface area (Å²) >= 11 is 0. The van der Waals surface area contributed by atoms with Crippen molar-refractivity contribution in [2.24, 2.45) is 5.73 Å². The second-order valence-corrected chi connectivity index (χ2v) is 6.40. The Labute approximate surface area is 103 Å². The van der Waals surface area contributed by atoms with Crippen molar-refractivity contribution >= 4 is 10.2 Å². The van der Waals surface area contributed by atoms with Gasteiger partial charge in [-0.1, -0.05) is 6.42 Å². The minimum atomic E-state index is -3.34. The number of hydrogen-bond acceptors (Lipinski definition) is 4. The highest BCUT2D eigenvalue weighted by molar-refractivity contribution is 7.86. The summed E-state index contributed by atoms with van der Waals surface area (Å²) in [6.07, 6.45) is 2.87.